The lowest BCUT2D eigenvalue weighted by Gasteiger charge is -2.26. The maximum Gasteiger partial charge on any atom is 0.305 e. The van der Waals surface area contributed by atoms with Crippen molar-refractivity contribution >= 4 is 39.6 Å². The molecule has 1 N–H and O–H groups in total. The number of amides is 1. The monoisotopic (exact) mass is 371 g/mol. The minimum absolute atomic E-state index is 0.0340. The Morgan fingerprint density at radius 1 is 1.43 bits per heavy atom. The molecular weight excluding hydrogens is 354 g/mol. The highest BCUT2D eigenvalue weighted by molar-refractivity contribution is 9.10. The molecule has 0 radical (unpaired) electrons. The summed E-state index contributed by atoms with van der Waals surface area (Å²) < 4.78 is 1.01. The minimum Gasteiger partial charge on any atom is -0.481 e. The molecule has 1 aromatic rings. The van der Waals surface area contributed by atoms with E-state index in [1.165, 1.54) is 11.8 Å². The lowest BCUT2D eigenvalue weighted by molar-refractivity contribution is -0.139. The molecule has 0 aliphatic carbocycles. The third-order valence-electron chi connectivity index (χ3n) is 3.54. The smallest absolute Gasteiger partial charge is 0.305 e. The Morgan fingerprint density at radius 3 is 2.71 bits per heavy atom. The van der Waals surface area contributed by atoms with Crippen LogP contribution in [0.15, 0.2) is 33.6 Å². The fourth-order valence-electron chi connectivity index (χ4n) is 2.54. The summed E-state index contributed by atoms with van der Waals surface area (Å²) in [7, 11) is 0. The van der Waals surface area contributed by atoms with E-state index in [2.05, 4.69) is 15.9 Å². The minimum atomic E-state index is -0.840. The number of thioether (sulfide) groups is 1. The van der Waals surface area contributed by atoms with Crippen LogP contribution in [0.5, 0.6) is 0 Å². The Hall–Kier alpha value is -1.01. The van der Waals surface area contributed by atoms with Crippen LogP contribution in [-0.4, -0.2) is 39.7 Å². The van der Waals surface area contributed by atoms with Crippen molar-refractivity contribution in [2.24, 2.45) is 0 Å². The third kappa shape index (κ3) is 4.48. The van der Waals surface area contributed by atoms with Gasteiger partial charge in [-0.15, -0.1) is 11.8 Å². The summed E-state index contributed by atoms with van der Waals surface area (Å²) in [5.41, 5.74) is 0. The lowest BCUT2D eigenvalue weighted by Crippen LogP contribution is -2.41. The van der Waals surface area contributed by atoms with E-state index in [0.717, 1.165) is 22.2 Å². The SMILES string of the molecule is CC(Sc1ccc(Br)cc1)C(=O)N1CCCC1CC(=O)O. The molecule has 2 atom stereocenters. The molecule has 1 aliphatic heterocycles. The zero-order chi connectivity index (χ0) is 15.4. The molecule has 0 spiro atoms. The van der Waals surface area contributed by atoms with Crippen molar-refractivity contribution in [3.63, 3.8) is 0 Å². The van der Waals surface area contributed by atoms with Gasteiger partial charge in [-0.25, -0.2) is 0 Å². The number of carboxylic acid groups (broad SMARTS) is 1. The van der Waals surface area contributed by atoms with Gasteiger partial charge in [0.2, 0.25) is 5.91 Å². The summed E-state index contributed by atoms with van der Waals surface area (Å²) in [4.78, 5) is 26.2. The van der Waals surface area contributed by atoms with Crippen LogP contribution < -0.4 is 0 Å². The topological polar surface area (TPSA) is 57.6 Å². The van der Waals surface area contributed by atoms with E-state index in [1.807, 2.05) is 31.2 Å². The van der Waals surface area contributed by atoms with E-state index in [0.29, 0.717) is 6.54 Å². The Morgan fingerprint density at radius 2 is 2.10 bits per heavy atom. The van der Waals surface area contributed by atoms with Crippen molar-refractivity contribution < 1.29 is 14.7 Å². The van der Waals surface area contributed by atoms with E-state index in [1.54, 1.807) is 4.90 Å². The first-order chi connectivity index (χ1) is 9.97. The molecule has 1 aliphatic rings. The molecule has 4 nitrogen and oxygen atoms in total. The first-order valence-corrected chi connectivity index (χ1v) is 8.59. The van der Waals surface area contributed by atoms with Crippen LogP contribution >= 0.6 is 27.7 Å². The number of nitrogens with zero attached hydrogens (tertiary/aromatic N) is 1. The summed E-state index contributed by atoms with van der Waals surface area (Å²) >= 11 is 4.89. The van der Waals surface area contributed by atoms with Gasteiger partial charge in [0.15, 0.2) is 0 Å². The molecule has 1 saturated heterocycles. The molecule has 114 valence electrons. The number of hydrogen-bond donors (Lipinski definition) is 1. The van der Waals surface area contributed by atoms with E-state index in [-0.39, 0.29) is 23.6 Å². The van der Waals surface area contributed by atoms with Crippen LogP contribution in [0.25, 0.3) is 0 Å². The number of rotatable bonds is 5. The maximum atomic E-state index is 12.5. The predicted octanol–water partition coefficient (Wildman–Crippen LogP) is 3.40. The fraction of sp³-hybridized carbons (Fsp3) is 0.467. The van der Waals surface area contributed by atoms with Gasteiger partial charge in [0, 0.05) is 22.0 Å². The van der Waals surface area contributed by atoms with Gasteiger partial charge in [-0.3, -0.25) is 9.59 Å². The van der Waals surface area contributed by atoms with Gasteiger partial charge in [0.25, 0.3) is 0 Å². The maximum absolute atomic E-state index is 12.5. The number of carbonyl (C=O) groups is 2. The molecule has 2 rings (SSSR count). The fourth-order valence-corrected chi connectivity index (χ4v) is 3.74. The van der Waals surface area contributed by atoms with Gasteiger partial charge in [0.05, 0.1) is 11.7 Å². The average Bonchev–Trinajstić information content (AvgIpc) is 2.87. The molecule has 0 bridgehead atoms. The van der Waals surface area contributed by atoms with E-state index >= 15 is 0 Å². The van der Waals surface area contributed by atoms with Crippen molar-refractivity contribution in [3.05, 3.63) is 28.7 Å². The molecule has 0 aromatic heterocycles. The van der Waals surface area contributed by atoms with Crippen LogP contribution in [0.2, 0.25) is 0 Å². The zero-order valence-electron chi connectivity index (χ0n) is 11.8. The molecular formula is C15H18BrNO3S. The zero-order valence-corrected chi connectivity index (χ0v) is 14.2. The first-order valence-electron chi connectivity index (χ1n) is 6.92. The van der Waals surface area contributed by atoms with Crippen LogP contribution in [0.4, 0.5) is 0 Å². The Kier molecular flexibility index (Phi) is 5.70. The summed E-state index contributed by atoms with van der Waals surface area (Å²) in [6.07, 6.45) is 1.72. The van der Waals surface area contributed by atoms with E-state index in [9.17, 15) is 9.59 Å². The van der Waals surface area contributed by atoms with E-state index < -0.39 is 5.97 Å². The van der Waals surface area contributed by atoms with Gasteiger partial charge in [-0.05, 0) is 44.0 Å². The summed E-state index contributed by atoms with van der Waals surface area (Å²) in [6, 6.07) is 7.68. The van der Waals surface area contributed by atoms with Crippen LogP contribution in [0.3, 0.4) is 0 Å². The second kappa shape index (κ2) is 7.31. The number of likely N-dealkylation sites (tertiary alicyclic amines) is 1. The second-order valence-electron chi connectivity index (χ2n) is 5.14. The van der Waals surface area contributed by atoms with Crippen LogP contribution in [0, 0.1) is 0 Å². The third-order valence-corrected chi connectivity index (χ3v) is 5.17. The summed E-state index contributed by atoms with van der Waals surface area (Å²) in [6.45, 7) is 2.55. The standard InChI is InChI=1S/C15H18BrNO3S/c1-10(21-13-6-4-11(16)5-7-13)15(20)17-8-2-3-12(17)9-14(18)19/h4-7,10,12H,2-3,8-9H2,1H3,(H,18,19). The van der Waals surface area contributed by atoms with Crippen molar-refractivity contribution in [2.75, 3.05) is 6.54 Å². The average molecular weight is 372 g/mol. The summed E-state index contributed by atoms with van der Waals surface area (Å²) in [5, 5.41) is 8.72. The van der Waals surface area contributed by atoms with Crippen molar-refractivity contribution in [2.45, 2.75) is 42.4 Å². The van der Waals surface area contributed by atoms with Crippen LogP contribution in [0.1, 0.15) is 26.2 Å². The molecule has 0 saturated carbocycles. The Bertz CT molecular complexity index is 520. The lowest BCUT2D eigenvalue weighted by atomic mass is 10.1. The Balaban J connectivity index is 1.98. The number of carbonyl (C=O) groups excluding carboxylic acids is 1. The highest BCUT2D eigenvalue weighted by Gasteiger charge is 2.32. The molecule has 1 heterocycles. The predicted molar refractivity (Wildman–Crippen MR) is 86.4 cm³/mol. The number of hydrogen-bond acceptors (Lipinski definition) is 3. The number of aliphatic carboxylic acids is 1. The van der Waals surface area contributed by atoms with E-state index in [4.69, 9.17) is 5.11 Å². The first kappa shape index (κ1) is 16.4. The number of halogens is 1. The van der Waals surface area contributed by atoms with Gasteiger partial charge in [0.1, 0.15) is 0 Å². The quantitative estimate of drug-likeness (QED) is 0.805. The van der Waals surface area contributed by atoms with Gasteiger partial charge in [-0.1, -0.05) is 15.9 Å². The van der Waals surface area contributed by atoms with Gasteiger partial charge in [-0.2, -0.15) is 0 Å². The largest absolute Gasteiger partial charge is 0.481 e. The molecule has 21 heavy (non-hydrogen) atoms. The molecule has 1 amide bonds. The van der Waals surface area contributed by atoms with Crippen LogP contribution in [-0.2, 0) is 9.59 Å². The van der Waals surface area contributed by atoms with Gasteiger partial charge < -0.3 is 10.0 Å². The van der Waals surface area contributed by atoms with Gasteiger partial charge >= 0.3 is 5.97 Å². The molecule has 2 unspecified atom stereocenters. The highest BCUT2D eigenvalue weighted by Crippen LogP contribution is 2.29. The highest BCUT2D eigenvalue weighted by atomic mass is 79.9. The normalized spacial score (nSPS) is 19.5. The number of benzene rings is 1. The molecule has 1 fully saturated rings. The molecule has 6 heteroatoms. The Labute approximate surface area is 137 Å². The summed E-state index contributed by atoms with van der Waals surface area (Å²) in [5.74, 6) is -0.806. The second-order valence-corrected chi connectivity index (χ2v) is 7.47. The van der Waals surface area contributed by atoms with Crippen molar-refractivity contribution in [3.8, 4) is 0 Å². The van der Waals surface area contributed by atoms with Crippen molar-refractivity contribution in [1.82, 2.24) is 4.90 Å². The number of carboxylic acids is 1. The van der Waals surface area contributed by atoms with Crippen molar-refractivity contribution in [1.29, 1.82) is 0 Å². The molecule has 1 aromatic carbocycles.